The third-order valence-electron chi connectivity index (χ3n) is 5.67. The number of imide groups is 1. The van der Waals surface area contributed by atoms with E-state index < -0.39 is 35.6 Å². The highest BCUT2D eigenvalue weighted by Gasteiger charge is 2.55. The van der Waals surface area contributed by atoms with Crippen LogP contribution < -0.4 is 4.90 Å². The van der Waals surface area contributed by atoms with Crippen LogP contribution in [0.5, 0.6) is 0 Å². The number of carbonyl (C=O) groups excluding carboxylic acids is 2. The zero-order valence-electron chi connectivity index (χ0n) is 17.7. The van der Waals surface area contributed by atoms with Crippen LogP contribution in [0.4, 0.5) is 18.9 Å². The van der Waals surface area contributed by atoms with Gasteiger partial charge in [0.15, 0.2) is 12.1 Å². The van der Waals surface area contributed by atoms with E-state index >= 15 is 0 Å². The van der Waals surface area contributed by atoms with Crippen molar-refractivity contribution in [2.75, 3.05) is 4.90 Å². The molecule has 34 heavy (non-hydrogen) atoms. The van der Waals surface area contributed by atoms with Crippen LogP contribution in [0.2, 0.25) is 0 Å². The van der Waals surface area contributed by atoms with Crippen LogP contribution in [0.25, 0.3) is 11.4 Å². The van der Waals surface area contributed by atoms with E-state index in [0.29, 0.717) is 5.69 Å². The molecule has 12 heteroatoms. The normalized spacial score (nSPS) is 19.9. The molecule has 0 aliphatic carbocycles. The SMILES string of the molecule is CCc1ccc(N2C(=O)[C@H]3N=NN(Cc4nc(-c5cccc(C(F)(F)F)c5)no4)[C@@H]3C2=O)cc1. The first-order chi connectivity index (χ1) is 16.3. The number of aryl methyl sites for hydroxylation is 1. The van der Waals surface area contributed by atoms with E-state index in [-0.39, 0.29) is 23.8 Å². The number of halogens is 3. The second-order valence-electron chi connectivity index (χ2n) is 7.81. The fraction of sp³-hybridized carbons (Fsp3) is 0.273. The number of nitrogens with zero attached hydrogens (tertiary/aromatic N) is 6. The van der Waals surface area contributed by atoms with E-state index in [0.717, 1.165) is 29.0 Å². The van der Waals surface area contributed by atoms with Crippen LogP contribution in [0.15, 0.2) is 63.4 Å². The van der Waals surface area contributed by atoms with Crippen LogP contribution in [0, 0.1) is 0 Å². The van der Waals surface area contributed by atoms with Crippen LogP contribution in [-0.4, -0.2) is 39.0 Å². The summed E-state index contributed by atoms with van der Waals surface area (Å²) in [7, 11) is 0. The number of hydrogen-bond donors (Lipinski definition) is 0. The summed E-state index contributed by atoms with van der Waals surface area (Å²) in [6, 6.07) is 9.67. The monoisotopic (exact) mass is 470 g/mol. The lowest BCUT2D eigenvalue weighted by Crippen LogP contribution is -2.39. The van der Waals surface area contributed by atoms with Crippen LogP contribution in [0.3, 0.4) is 0 Å². The summed E-state index contributed by atoms with van der Waals surface area (Å²) in [5.41, 5.74) is 0.799. The predicted octanol–water partition coefficient (Wildman–Crippen LogP) is 3.81. The van der Waals surface area contributed by atoms with Crippen molar-refractivity contribution in [3.8, 4) is 11.4 Å². The van der Waals surface area contributed by atoms with Gasteiger partial charge in [0.25, 0.3) is 11.8 Å². The minimum Gasteiger partial charge on any atom is -0.337 e. The molecule has 0 bridgehead atoms. The molecule has 0 saturated carbocycles. The van der Waals surface area contributed by atoms with Crippen molar-refractivity contribution in [3.63, 3.8) is 0 Å². The predicted molar refractivity (Wildman–Crippen MR) is 111 cm³/mol. The van der Waals surface area contributed by atoms with Gasteiger partial charge >= 0.3 is 6.18 Å². The van der Waals surface area contributed by atoms with Crippen molar-refractivity contribution in [2.45, 2.75) is 38.1 Å². The summed E-state index contributed by atoms with van der Waals surface area (Å²) >= 11 is 0. The van der Waals surface area contributed by atoms with Crippen molar-refractivity contribution < 1.29 is 27.3 Å². The molecule has 5 rings (SSSR count). The Morgan fingerprint density at radius 2 is 1.82 bits per heavy atom. The molecule has 2 aliphatic rings. The van der Waals surface area contributed by atoms with Gasteiger partial charge in [-0.25, -0.2) is 4.90 Å². The van der Waals surface area contributed by atoms with Gasteiger partial charge < -0.3 is 4.52 Å². The number of benzene rings is 2. The number of aromatic nitrogens is 2. The Hall–Kier alpha value is -4.09. The van der Waals surface area contributed by atoms with Gasteiger partial charge in [0.1, 0.15) is 6.54 Å². The van der Waals surface area contributed by atoms with E-state index in [2.05, 4.69) is 20.5 Å². The van der Waals surface area contributed by atoms with Gasteiger partial charge in [-0.3, -0.25) is 14.6 Å². The van der Waals surface area contributed by atoms with E-state index in [1.165, 1.54) is 17.1 Å². The molecule has 0 spiro atoms. The molecule has 3 heterocycles. The van der Waals surface area contributed by atoms with E-state index in [9.17, 15) is 22.8 Å². The lowest BCUT2D eigenvalue weighted by atomic mass is 10.1. The quantitative estimate of drug-likeness (QED) is 0.526. The summed E-state index contributed by atoms with van der Waals surface area (Å²) in [5, 5.41) is 12.9. The Kier molecular flexibility index (Phi) is 5.14. The summed E-state index contributed by atoms with van der Waals surface area (Å²) < 4.78 is 44.1. The van der Waals surface area contributed by atoms with E-state index in [4.69, 9.17) is 4.52 Å². The lowest BCUT2D eigenvalue weighted by molar-refractivity contribution is -0.137. The zero-order chi connectivity index (χ0) is 24.0. The molecule has 0 N–H and O–H groups in total. The average Bonchev–Trinajstić information content (AvgIpc) is 3.52. The number of alkyl halides is 3. The van der Waals surface area contributed by atoms with Crippen molar-refractivity contribution in [2.24, 2.45) is 10.3 Å². The number of rotatable bonds is 5. The molecule has 1 saturated heterocycles. The van der Waals surface area contributed by atoms with Gasteiger partial charge in [-0.05, 0) is 36.2 Å². The summed E-state index contributed by atoms with van der Waals surface area (Å²) in [4.78, 5) is 31.1. The van der Waals surface area contributed by atoms with Gasteiger partial charge in [-0.2, -0.15) is 23.3 Å². The number of anilines is 1. The van der Waals surface area contributed by atoms with Crippen LogP contribution in [0.1, 0.15) is 23.9 Å². The van der Waals surface area contributed by atoms with Crippen molar-refractivity contribution in [1.29, 1.82) is 0 Å². The first kappa shape index (κ1) is 21.7. The molecule has 174 valence electrons. The molecule has 9 nitrogen and oxygen atoms in total. The molecule has 2 aromatic carbocycles. The third kappa shape index (κ3) is 3.70. The molecular formula is C22H17F3N6O3. The zero-order valence-corrected chi connectivity index (χ0v) is 17.7. The van der Waals surface area contributed by atoms with Gasteiger partial charge in [-0.1, -0.05) is 41.6 Å². The second-order valence-corrected chi connectivity index (χ2v) is 7.81. The minimum atomic E-state index is -4.51. The molecule has 0 radical (unpaired) electrons. The summed E-state index contributed by atoms with van der Waals surface area (Å²) in [6.45, 7) is 1.86. The number of fused-ring (bicyclic) bond motifs is 1. The largest absolute Gasteiger partial charge is 0.416 e. The molecule has 2 atom stereocenters. The molecule has 1 aromatic heterocycles. The van der Waals surface area contributed by atoms with Crippen LogP contribution in [-0.2, 0) is 28.7 Å². The van der Waals surface area contributed by atoms with Crippen LogP contribution >= 0.6 is 0 Å². The molecule has 0 unspecified atom stereocenters. The molecule has 2 aliphatic heterocycles. The summed E-state index contributed by atoms with van der Waals surface area (Å²) in [5.74, 6) is -0.999. The van der Waals surface area contributed by atoms with Gasteiger partial charge in [0, 0.05) is 5.56 Å². The van der Waals surface area contributed by atoms with Crippen molar-refractivity contribution in [3.05, 3.63) is 65.5 Å². The van der Waals surface area contributed by atoms with E-state index in [1.54, 1.807) is 12.1 Å². The Balaban J connectivity index is 1.34. The highest BCUT2D eigenvalue weighted by Crippen LogP contribution is 2.34. The topological polar surface area (TPSA) is 104 Å². The Bertz CT molecular complexity index is 1290. The Morgan fingerprint density at radius 1 is 1.06 bits per heavy atom. The Labute approximate surface area is 190 Å². The first-order valence-corrected chi connectivity index (χ1v) is 10.4. The number of amides is 2. The maximum atomic E-state index is 13.1. The highest BCUT2D eigenvalue weighted by atomic mass is 19.4. The highest BCUT2D eigenvalue weighted by molar-refractivity contribution is 6.25. The summed E-state index contributed by atoms with van der Waals surface area (Å²) in [6.07, 6.45) is -3.69. The number of carbonyl (C=O) groups is 2. The molecule has 1 fully saturated rings. The maximum absolute atomic E-state index is 13.1. The van der Waals surface area contributed by atoms with E-state index in [1.807, 2.05) is 19.1 Å². The fourth-order valence-corrected chi connectivity index (χ4v) is 3.90. The minimum absolute atomic E-state index is 0.0120. The van der Waals surface area contributed by atoms with Crippen molar-refractivity contribution in [1.82, 2.24) is 15.1 Å². The molecule has 2 amide bonds. The molecular weight excluding hydrogens is 453 g/mol. The van der Waals surface area contributed by atoms with Crippen molar-refractivity contribution >= 4 is 17.5 Å². The molecule has 3 aromatic rings. The van der Waals surface area contributed by atoms with Gasteiger partial charge in [0.2, 0.25) is 11.7 Å². The number of hydrogen-bond acceptors (Lipinski definition) is 8. The average molecular weight is 470 g/mol. The lowest BCUT2D eigenvalue weighted by Gasteiger charge is -2.19. The maximum Gasteiger partial charge on any atom is 0.416 e. The third-order valence-corrected chi connectivity index (χ3v) is 5.67. The fourth-order valence-electron chi connectivity index (χ4n) is 3.90. The van der Waals surface area contributed by atoms with Gasteiger partial charge in [-0.15, -0.1) is 0 Å². The smallest absolute Gasteiger partial charge is 0.337 e. The van der Waals surface area contributed by atoms with Gasteiger partial charge in [0.05, 0.1) is 11.3 Å². The Morgan fingerprint density at radius 3 is 2.53 bits per heavy atom. The second kappa shape index (κ2) is 8.04. The standard InChI is InChI=1S/C22H17F3N6O3/c1-2-12-6-8-15(9-7-12)31-20(32)17-18(21(31)33)30(29-27-17)11-16-26-19(28-34-16)13-4-3-5-14(10-13)22(23,24)25/h3-10,17-18H,2,11H2,1H3/t17-,18-/m0/s1. The first-order valence-electron chi connectivity index (χ1n) is 10.4.